The topological polar surface area (TPSA) is 92.4 Å². The number of aliphatic hydroxyl groups is 1. The van der Waals surface area contributed by atoms with Crippen molar-refractivity contribution in [2.24, 2.45) is 0 Å². The number of benzene rings is 1. The van der Waals surface area contributed by atoms with E-state index in [0.717, 1.165) is 6.42 Å². The number of hydrogen-bond acceptors (Lipinski definition) is 4. The number of rotatable bonds is 4. The summed E-state index contributed by atoms with van der Waals surface area (Å²) in [5.41, 5.74) is 5.80. The molecule has 0 saturated heterocycles. The van der Waals surface area contributed by atoms with Crippen LogP contribution in [0, 0.1) is 6.92 Å². The average molecular weight is 349 g/mol. The Hall–Kier alpha value is -0.630. The Bertz CT molecular complexity index is 597. The maximum absolute atomic E-state index is 12.2. The lowest BCUT2D eigenvalue weighted by Gasteiger charge is -2.36. The third-order valence-corrected chi connectivity index (χ3v) is 5.69. The lowest BCUT2D eigenvalue weighted by molar-refractivity contribution is -0.0270. The van der Waals surface area contributed by atoms with Crippen LogP contribution in [-0.4, -0.2) is 25.7 Å². The Balaban J connectivity index is 2.22. The van der Waals surface area contributed by atoms with E-state index in [2.05, 4.69) is 20.7 Å². The van der Waals surface area contributed by atoms with Gasteiger partial charge in [0, 0.05) is 16.7 Å². The minimum absolute atomic E-state index is 0.0464. The highest BCUT2D eigenvalue weighted by Gasteiger charge is 2.35. The van der Waals surface area contributed by atoms with Crippen molar-refractivity contribution in [1.29, 1.82) is 0 Å². The molecule has 1 aliphatic rings. The molecule has 0 aliphatic heterocycles. The molecule has 1 aromatic rings. The molecule has 0 heterocycles. The predicted molar refractivity (Wildman–Crippen MR) is 77.3 cm³/mol. The van der Waals surface area contributed by atoms with Crippen LogP contribution in [0.4, 0.5) is 5.69 Å². The molecule has 0 atom stereocenters. The molecule has 4 N–H and O–H groups in total. The van der Waals surface area contributed by atoms with E-state index in [-0.39, 0.29) is 11.4 Å². The molecule has 0 radical (unpaired) electrons. The summed E-state index contributed by atoms with van der Waals surface area (Å²) < 4.78 is 27.5. The Kier molecular flexibility index (Phi) is 3.92. The molecule has 2 rings (SSSR count). The van der Waals surface area contributed by atoms with Gasteiger partial charge in [-0.15, -0.1) is 0 Å². The number of hydrogen-bond donors (Lipinski definition) is 3. The second-order valence-corrected chi connectivity index (χ2v) is 7.63. The summed E-state index contributed by atoms with van der Waals surface area (Å²) in [6, 6.07) is 3.09. The van der Waals surface area contributed by atoms with E-state index in [1.54, 1.807) is 13.0 Å². The van der Waals surface area contributed by atoms with E-state index in [4.69, 9.17) is 5.73 Å². The van der Waals surface area contributed by atoms with Gasteiger partial charge in [0.2, 0.25) is 10.0 Å². The molecule has 1 fully saturated rings. The second-order valence-electron chi connectivity index (χ2n) is 5.04. The molecule has 0 amide bonds. The minimum atomic E-state index is -3.65. The molecule has 0 aromatic heterocycles. The fourth-order valence-electron chi connectivity index (χ4n) is 2.03. The molecule has 0 spiro atoms. The zero-order valence-electron chi connectivity index (χ0n) is 10.6. The minimum Gasteiger partial charge on any atom is -0.398 e. The third kappa shape index (κ3) is 3.10. The van der Waals surface area contributed by atoms with Gasteiger partial charge in [-0.2, -0.15) is 0 Å². The summed E-state index contributed by atoms with van der Waals surface area (Å²) in [7, 11) is -3.65. The zero-order chi connectivity index (χ0) is 14.3. The molecule has 0 bridgehead atoms. The number of halogens is 1. The second kappa shape index (κ2) is 5.05. The van der Waals surface area contributed by atoms with Crippen LogP contribution in [0.2, 0.25) is 0 Å². The van der Waals surface area contributed by atoms with Gasteiger partial charge >= 0.3 is 0 Å². The maximum Gasteiger partial charge on any atom is 0.241 e. The first-order valence-electron chi connectivity index (χ1n) is 6.01. The van der Waals surface area contributed by atoms with Crippen LogP contribution in [0.1, 0.15) is 24.8 Å². The van der Waals surface area contributed by atoms with Crippen LogP contribution in [0.15, 0.2) is 21.5 Å². The molecule has 106 valence electrons. The van der Waals surface area contributed by atoms with Gasteiger partial charge in [0.15, 0.2) is 0 Å². The van der Waals surface area contributed by atoms with Crippen LogP contribution in [-0.2, 0) is 10.0 Å². The van der Waals surface area contributed by atoms with Gasteiger partial charge in [-0.3, -0.25) is 0 Å². The number of nitrogen functional groups attached to an aromatic ring is 1. The highest BCUT2D eigenvalue weighted by molar-refractivity contribution is 9.10. The van der Waals surface area contributed by atoms with Gasteiger partial charge in [0.25, 0.3) is 0 Å². The summed E-state index contributed by atoms with van der Waals surface area (Å²) in [6.45, 7) is 1.75. The largest absolute Gasteiger partial charge is 0.398 e. The van der Waals surface area contributed by atoms with Gasteiger partial charge < -0.3 is 10.8 Å². The summed E-state index contributed by atoms with van der Waals surface area (Å²) in [5, 5.41) is 9.93. The quantitative estimate of drug-likeness (QED) is 0.719. The van der Waals surface area contributed by atoms with Crippen LogP contribution in [0.5, 0.6) is 0 Å². The molecule has 5 nitrogen and oxygen atoms in total. The van der Waals surface area contributed by atoms with E-state index in [9.17, 15) is 13.5 Å². The molecular weight excluding hydrogens is 332 g/mol. The number of sulfonamides is 1. The number of anilines is 1. The fourth-order valence-corrected chi connectivity index (χ4v) is 3.86. The van der Waals surface area contributed by atoms with Crippen molar-refractivity contribution in [3.8, 4) is 0 Å². The smallest absolute Gasteiger partial charge is 0.241 e. The van der Waals surface area contributed by atoms with Crippen LogP contribution in [0.25, 0.3) is 0 Å². The first kappa shape index (κ1) is 14.8. The SMILES string of the molecule is Cc1cc(Br)c(N)cc1S(=O)(=O)NCC1(O)CCC1. The van der Waals surface area contributed by atoms with Crippen molar-refractivity contribution in [2.75, 3.05) is 12.3 Å². The Morgan fingerprint density at radius 2 is 2.11 bits per heavy atom. The van der Waals surface area contributed by atoms with E-state index in [1.165, 1.54) is 6.07 Å². The van der Waals surface area contributed by atoms with Gasteiger partial charge in [-0.1, -0.05) is 0 Å². The molecule has 0 unspecified atom stereocenters. The highest BCUT2D eigenvalue weighted by Crippen LogP contribution is 2.31. The standard InChI is InChI=1S/C12H17BrN2O3S/c1-8-5-9(13)10(14)6-11(8)19(17,18)15-7-12(16)3-2-4-12/h5-6,15-16H,2-4,7,14H2,1H3. The monoisotopic (exact) mass is 348 g/mol. The number of aryl methyl sites for hydroxylation is 1. The summed E-state index contributed by atoms with van der Waals surface area (Å²) in [5.74, 6) is 0. The highest BCUT2D eigenvalue weighted by atomic mass is 79.9. The Morgan fingerprint density at radius 3 is 2.63 bits per heavy atom. The maximum atomic E-state index is 12.2. The van der Waals surface area contributed by atoms with Crippen LogP contribution in [0.3, 0.4) is 0 Å². The molecule has 19 heavy (non-hydrogen) atoms. The van der Waals surface area contributed by atoms with Gasteiger partial charge in [-0.05, 0) is 59.8 Å². The molecule has 7 heteroatoms. The molecule has 1 aromatic carbocycles. The number of nitrogens with one attached hydrogen (secondary N) is 1. The molecule has 1 aliphatic carbocycles. The van der Waals surface area contributed by atoms with Crippen LogP contribution < -0.4 is 10.5 Å². The van der Waals surface area contributed by atoms with Gasteiger partial charge in [0.1, 0.15) is 0 Å². The van der Waals surface area contributed by atoms with E-state index in [1.807, 2.05) is 0 Å². The van der Waals surface area contributed by atoms with E-state index in [0.29, 0.717) is 28.6 Å². The lowest BCUT2D eigenvalue weighted by atomic mass is 9.81. The Morgan fingerprint density at radius 1 is 1.47 bits per heavy atom. The van der Waals surface area contributed by atoms with E-state index >= 15 is 0 Å². The zero-order valence-corrected chi connectivity index (χ0v) is 13.0. The normalized spacial score (nSPS) is 18.1. The van der Waals surface area contributed by atoms with Gasteiger partial charge in [0.05, 0.1) is 10.5 Å². The molecule has 1 saturated carbocycles. The third-order valence-electron chi connectivity index (χ3n) is 3.46. The van der Waals surface area contributed by atoms with Crippen molar-refractivity contribution in [1.82, 2.24) is 4.72 Å². The van der Waals surface area contributed by atoms with Crippen molar-refractivity contribution in [2.45, 2.75) is 36.7 Å². The van der Waals surface area contributed by atoms with Gasteiger partial charge in [-0.25, -0.2) is 13.1 Å². The van der Waals surface area contributed by atoms with Crippen molar-refractivity contribution in [3.63, 3.8) is 0 Å². The fraction of sp³-hybridized carbons (Fsp3) is 0.500. The van der Waals surface area contributed by atoms with Crippen molar-refractivity contribution in [3.05, 3.63) is 22.2 Å². The summed E-state index contributed by atoms with van der Waals surface area (Å²) in [6.07, 6.45) is 2.20. The van der Waals surface area contributed by atoms with Crippen LogP contribution >= 0.6 is 15.9 Å². The predicted octanol–water partition coefficient (Wildman–Crippen LogP) is 1.53. The lowest BCUT2D eigenvalue weighted by Crippen LogP contribution is -2.47. The first-order chi connectivity index (χ1) is 8.73. The number of nitrogens with two attached hydrogens (primary N) is 1. The summed E-state index contributed by atoms with van der Waals surface area (Å²) >= 11 is 3.26. The van der Waals surface area contributed by atoms with Crippen molar-refractivity contribution >= 4 is 31.6 Å². The van der Waals surface area contributed by atoms with Crippen molar-refractivity contribution < 1.29 is 13.5 Å². The molecular formula is C12H17BrN2O3S. The van der Waals surface area contributed by atoms with E-state index < -0.39 is 15.6 Å². The Labute approximate surface area is 121 Å². The average Bonchev–Trinajstić information content (AvgIpc) is 2.28. The first-order valence-corrected chi connectivity index (χ1v) is 8.29. The summed E-state index contributed by atoms with van der Waals surface area (Å²) in [4.78, 5) is 0.149.